The van der Waals surface area contributed by atoms with Gasteiger partial charge in [0.2, 0.25) is 0 Å². The summed E-state index contributed by atoms with van der Waals surface area (Å²) in [5.74, 6) is 0.483. The van der Waals surface area contributed by atoms with E-state index in [1.807, 2.05) is 26.8 Å². The van der Waals surface area contributed by atoms with Gasteiger partial charge in [0.15, 0.2) is 0 Å². The second-order valence-electron chi connectivity index (χ2n) is 5.76. The molecule has 0 aliphatic heterocycles. The zero-order valence-electron chi connectivity index (χ0n) is 11.5. The van der Waals surface area contributed by atoms with Gasteiger partial charge in [0.05, 0.1) is 10.4 Å². The molecule has 100 valence electrons. The average molecular weight is 259 g/mol. The van der Waals surface area contributed by atoms with Crippen molar-refractivity contribution in [2.45, 2.75) is 33.1 Å². The molecule has 0 aliphatic rings. The van der Waals surface area contributed by atoms with Crippen LogP contribution in [0.25, 0.3) is 10.9 Å². The standard InChI is InChI=1S/C14H17N3O2/c1-8-5-10(17(18)19)6-9-7-11(14(2,3)4)13(15)16-12(8)9/h5-7H,1-4H3,(H2,15,16). The Kier molecular flexibility index (Phi) is 2.92. The van der Waals surface area contributed by atoms with Crippen LogP contribution in [0.3, 0.4) is 0 Å². The van der Waals surface area contributed by atoms with E-state index in [4.69, 9.17) is 5.73 Å². The van der Waals surface area contributed by atoms with Gasteiger partial charge in [-0.1, -0.05) is 20.8 Å². The third-order valence-electron chi connectivity index (χ3n) is 3.14. The molecule has 0 atom stereocenters. The number of nitrogens with two attached hydrogens (primary N) is 1. The smallest absolute Gasteiger partial charge is 0.270 e. The molecule has 1 aromatic heterocycles. The molecule has 2 N–H and O–H groups in total. The van der Waals surface area contributed by atoms with Crippen LogP contribution in [0, 0.1) is 17.0 Å². The highest BCUT2D eigenvalue weighted by atomic mass is 16.6. The number of fused-ring (bicyclic) bond motifs is 1. The lowest BCUT2D eigenvalue weighted by Gasteiger charge is -2.21. The summed E-state index contributed by atoms with van der Waals surface area (Å²) in [6.07, 6.45) is 0. The number of rotatable bonds is 1. The van der Waals surface area contributed by atoms with Crippen molar-refractivity contribution in [3.8, 4) is 0 Å². The van der Waals surface area contributed by atoms with Crippen LogP contribution in [0.2, 0.25) is 0 Å². The van der Waals surface area contributed by atoms with Crippen molar-refractivity contribution in [1.29, 1.82) is 0 Å². The van der Waals surface area contributed by atoms with E-state index < -0.39 is 0 Å². The molecule has 0 saturated carbocycles. The molecule has 0 aliphatic carbocycles. The Balaban J connectivity index is 2.80. The highest BCUT2D eigenvalue weighted by Crippen LogP contribution is 2.32. The summed E-state index contributed by atoms with van der Waals surface area (Å²) in [7, 11) is 0. The summed E-state index contributed by atoms with van der Waals surface area (Å²) in [6, 6.07) is 4.97. The molecule has 2 rings (SSSR count). The topological polar surface area (TPSA) is 82.0 Å². The van der Waals surface area contributed by atoms with Crippen LogP contribution < -0.4 is 5.73 Å². The monoisotopic (exact) mass is 259 g/mol. The van der Waals surface area contributed by atoms with Crippen LogP contribution in [0.5, 0.6) is 0 Å². The van der Waals surface area contributed by atoms with Gasteiger partial charge in [-0.25, -0.2) is 4.98 Å². The van der Waals surface area contributed by atoms with Gasteiger partial charge in [0, 0.05) is 23.1 Å². The number of nitrogen functional groups attached to an aromatic ring is 1. The van der Waals surface area contributed by atoms with Crippen LogP contribution in [0.4, 0.5) is 11.5 Å². The van der Waals surface area contributed by atoms with Gasteiger partial charge in [-0.2, -0.15) is 0 Å². The number of non-ortho nitro benzene ring substituents is 1. The van der Waals surface area contributed by atoms with Gasteiger partial charge >= 0.3 is 0 Å². The van der Waals surface area contributed by atoms with Crippen molar-refractivity contribution < 1.29 is 4.92 Å². The fourth-order valence-electron chi connectivity index (χ4n) is 2.17. The summed E-state index contributed by atoms with van der Waals surface area (Å²) >= 11 is 0. The van der Waals surface area contributed by atoms with E-state index >= 15 is 0 Å². The Morgan fingerprint density at radius 3 is 2.42 bits per heavy atom. The lowest BCUT2D eigenvalue weighted by atomic mass is 9.86. The van der Waals surface area contributed by atoms with Gasteiger partial charge in [0.1, 0.15) is 5.82 Å². The molecule has 0 fully saturated rings. The van der Waals surface area contributed by atoms with Gasteiger partial charge in [0.25, 0.3) is 5.69 Å². The number of hydrogen-bond acceptors (Lipinski definition) is 4. The molecular formula is C14H17N3O2. The maximum Gasteiger partial charge on any atom is 0.270 e. The van der Waals surface area contributed by atoms with Crippen molar-refractivity contribution in [3.05, 3.63) is 39.4 Å². The predicted octanol–water partition coefficient (Wildman–Crippen LogP) is 3.33. The lowest BCUT2D eigenvalue weighted by molar-refractivity contribution is -0.384. The van der Waals surface area contributed by atoms with E-state index in [-0.39, 0.29) is 16.0 Å². The van der Waals surface area contributed by atoms with Crippen LogP contribution >= 0.6 is 0 Å². The lowest BCUT2D eigenvalue weighted by Crippen LogP contribution is -2.15. The molecule has 0 unspecified atom stereocenters. The number of aromatic nitrogens is 1. The number of nitro groups is 1. The van der Waals surface area contributed by atoms with E-state index in [1.165, 1.54) is 6.07 Å². The molecule has 1 heterocycles. The molecule has 19 heavy (non-hydrogen) atoms. The first kappa shape index (κ1) is 13.3. The second-order valence-corrected chi connectivity index (χ2v) is 5.76. The minimum Gasteiger partial charge on any atom is -0.383 e. The molecule has 0 bridgehead atoms. The molecular weight excluding hydrogens is 242 g/mol. The first-order valence-electron chi connectivity index (χ1n) is 6.06. The Bertz CT molecular complexity index is 672. The first-order valence-corrected chi connectivity index (χ1v) is 6.06. The quantitative estimate of drug-likeness (QED) is 0.629. The number of benzene rings is 1. The molecule has 5 nitrogen and oxygen atoms in total. The maximum atomic E-state index is 10.9. The summed E-state index contributed by atoms with van der Waals surface area (Å²) in [4.78, 5) is 14.9. The number of pyridine rings is 1. The third-order valence-corrected chi connectivity index (χ3v) is 3.14. The maximum absolute atomic E-state index is 10.9. The first-order chi connectivity index (χ1) is 8.70. The van der Waals surface area contributed by atoms with Gasteiger partial charge in [-0.15, -0.1) is 0 Å². The predicted molar refractivity (Wildman–Crippen MR) is 76.2 cm³/mol. The summed E-state index contributed by atoms with van der Waals surface area (Å²) in [5.41, 5.74) is 8.31. The highest BCUT2D eigenvalue weighted by molar-refractivity contribution is 5.86. The highest BCUT2D eigenvalue weighted by Gasteiger charge is 2.20. The molecule has 0 spiro atoms. The van der Waals surface area contributed by atoms with Crippen LogP contribution in [-0.4, -0.2) is 9.91 Å². The SMILES string of the molecule is Cc1cc([N+](=O)[O-])cc2cc(C(C)(C)C)c(N)nc12. The number of nitro benzene ring substituents is 1. The number of aryl methyl sites for hydroxylation is 1. The molecule has 0 saturated heterocycles. The zero-order valence-corrected chi connectivity index (χ0v) is 11.5. The van der Waals surface area contributed by atoms with Crippen molar-refractivity contribution >= 4 is 22.4 Å². The summed E-state index contributed by atoms with van der Waals surface area (Å²) < 4.78 is 0. The van der Waals surface area contributed by atoms with E-state index in [9.17, 15) is 10.1 Å². The van der Waals surface area contributed by atoms with E-state index in [2.05, 4.69) is 4.98 Å². The third kappa shape index (κ3) is 2.36. The normalized spacial score (nSPS) is 11.8. The van der Waals surface area contributed by atoms with Crippen molar-refractivity contribution in [2.24, 2.45) is 0 Å². The molecule has 0 amide bonds. The van der Waals surface area contributed by atoms with E-state index in [1.54, 1.807) is 13.0 Å². The fourth-order valence-corrected chi connectivity index (χ4v) is 2.17. The van der Waals surface area contributed by atoms with E-state index in [0.29, 0.717) is 5.82 Å². The molecule has 5 heteroatoms. The van der Waals surface area contributed by atoms with E-state index in [0.717, 1.165) is 22.0 Å². The van der Waals surface area contributed by atoms with Crippen molar-refractivity contribution in [1.82, 2.24) is 4.98 Å². The Morgan fingerprint density at radius 1 is 1.26 bits per heavy atom. The van der Waals surface area contributed by atoms with Gasteiger partial charge in [-0.05, 0) is 24.0 Å². The average Bonchev–Trinajstić information content (AvgIpc) is 2.27. The number of anilines is 1. The Labute approximate surface area is 111 Å². The Morgan fingerprint density at radius 2 is 1.89 bits per heavy atom. The summed E-state index contributed by atoms with van der Waals surface area (Å²) in [6.45, 7) is 7.92. The van der Waals surface area contributed by atoms with Gasteiger partial charge in [-0.3, -0.25) is 10.1 Å². The fraction of sp³-hybridized carbons (Fsp3) is 0.357. The molecule has 1 aromatic carbocycles. The van der Waals surface area contributed by atoms with Crippen molar-refractivity contribution in [2.75, 3.05) is 5.73 Å². The summed E-state index contributed by atoms with van der Waals surface area (Å²) in [5, 5.41) is 11.7. The van der Waals surface area contributed by atoms with Crippen LogP contribution in [-0.2, 0) is 5.41 Å². The minimum absolute atomic E-state index is 0.0800. The van der Waals surface area contributed by atoms with Crippen molar-refractivity contribution in [3.63, 3.8) is 0 Å². The van der Waals surface area contributed by atoms with Crippen LogP contribution in [0.1, 0.15) is 31.9 Å². The largest absolute Gasteiger partial charge is 0.383 e. The zero-order chi connectivity index (χ0) is 14.4. The molecule has 2 aromatic rings. The van der Waals surface area contributed by atoms with Gasteiger partial charge < -0.3 is 5.73 Å². The minimum atomic E-state index is -0.389. The Hall–Kier alpha value is -2.17. The molecule has 0 radical (unpaired) electrons. The van der Waals surface area contributed by atoms with Crippen LogP contribution in [0.15, 0.2) is 18.2 Å². The number of nitrogens with zero attached hydrogens (tertiary/aromatic N) is 2. The number of hydrogen-bond donors (Lipinski definition) is 1. The second kappa shape index (κ2) is 4.19.